The Balaban J connectivity index is -0.000000773. The van der Waals surface area contributed by atoms with Gasteiger partial charge in [-0.1, -0.05) is 0 Å². The zero-order valence-electron chi connectivity index (χ0n) is 15.2. The summed E-state index contributed by atoms with van der Waals surface area (Å²) in [6.07, 6.45) is 1.82. The Bertz CT molecular complexity index is 674. The minimum absolute atomic E-state index is 0. The number of aryl methyl sites for hydroxylation is 1. The first kappa shape index (κ1) is 29.4. The maximum atomic E-state index is 13.3. The quantitative estimate of drug-likeness (QED) is 0.784. The largest absolute Gasteiger partial charge is 0.412 e. The van der Waals surface area contributed by atoms with Crippen molar-refractivity contribution in [2.45, 2.75) is 29.4 Å². The number of thioether (sulfide) groups is 1. The van der Waals surface area contributed by atoms with E-state index in [1.165, 1.54) is 23.9 Å². The summed E-state index contributed by atoms with van der Waals surface area (Å²) in [5, 5.41) is 0. The molecule has 1 heterocycles. The molecule has 0 radical (unpaired) electrons. The van der Waals surface area contributed by atoms with E-state index in [-0.39, 0.29) is 21.2 Å². The fraction of sp³-hybridized carbons (Fsp3) is 0.222. The van der Waals surface area contributed by atoms with E-state index in [2.05, 4.69) is 36.3 Å². The first-order valence-electron chi connectivity index (χ1n) is 7.24. The molecule has 0 saturated heterocycles. The van der Waals surface area contributed by atoms with Crippen LogP contribution in [0, 0.1) is 18.6 Å². The van der Waals surface area contributed by atoms with Crippen molar-refractivity contribution in [3.8, 4) is 0 Å². The standard InChI is InChI=1S/C14H13F2N3S.2C2H4.3H2O/c1-8-18-12(7-13(17)19-8)14(2-3-14)20-11-5-9(15)4-10(16)6-11;2*1-2;;;/h4-7H,2-3H2,1H3,(H2,17,18,19);2*1-2H2;3*1H2. The molecule has 3 rings (SSSR count). The van der Waals surface area contributed by atoms with Crippen molar-refractivity contribution in [3.05, 3.63) is 73.7 Å². The number of aromatic nitrogens is 2. The highest BCUT2D eigenvalue weighted by Crippen LogP contribution is 2.59. The molecule has 0 atom stereocenters. The van der Waals surface area contributed by atoms with Crippen LogP contribution in [0.15, 0.2) is 55.5 Å². The molecule has 0 bridgehead atoms. The summed E-state index contributed by atoms with van der Waals surface area (Å²) in [5.74, 6) is -0.106. The van der Waals surface area contributed by atoms with Gasteiger partial charge < -0.3 is 22.2 Å². The molecule has 1 saturated carbocycles. The van der Waals surface area contributed by atoms with E-state index >= 15 is 0 Å². The van der Waals surface area contributed by atoms with Crippen LogP contribution in [0.5, 0.6) is 0 Å². The van der Waals surface area contributed by atoms with E-state index in [0.717, 1.165) is 24.6 Å². The van der Waals surface area contributed by atoms with Gasteiger partial charge in [-0.25, -0.2) is 18.7 Å². The lowest BCUT2D eigenvalue weighted by molar-refractivity contribution is 0.577. The topological polar surface area (TPSA) is 146 Å². The summed E-state index contributed by atoms with van der Waals surface area (Å²) >= 11 is 1.43. The molecule has 1 aromatic carbocycles. The third kappa shape index (κ3) is 7.83. The van der Waals surface area contributed by atoms with Crippen molar-refractivity contribution in [1.82, 2.24) is 9.97 Å². The zero-order valence-corrected chi connectivity index (χ0v) is 16.0. The molecule has 0 spiro atoms. The predicted octanol–water partition coefficient (Wildman–Crippen LogP) is 2.56. The highest BCUT2D eigenvalue weighted by atomic mass is 32.2. The molecule has 6 nitrogen and oxygen atoms in total. The van der Waals surface area contributed by atoms with Gasteiger partial charge in [0.2, 0.25) is 0 Å². The minimum Gasteiger partial charge on any atom is -0.412 e. The number of nitrogens with zero attached hydrogens (tertiary/aromatic N) is 2. The summed E-state index contributed by atoms with van der Waals surface area (Å²) in [6, 6.07) is 5.29. The molecule has 1 aliphatic carbocycles. The number of benzene rings is 1. The summed E-state index contributed by atoms with van der Waals surface area (Å²) < 4.78 is 26.3. The van der Waals surface area contributed by atoms with Crippen molar-refractivity contribution in [1.29, 1.82) is 0 Å². The molecule has 0 amide bonds. The van der Waals surface area contributed by atoms with E-state index < -0.39 is 11.6 Å². The van der Waals surface area contributed by atoms with Crippen molar-refractivity contribution >= 4 is 17.6 Å². The van der Waals surface area contributed by atoms with Crippen LogP contribution < -0.4 is 5.73 Å². The minimum atomic E-state index is -0.568. The average Bonchev–Trinajstić information content (AvgIpc) is 3.30. The first-order chi connectivity index (χ1) is 11.5. The Morgan fingerprint density at radius 2 is 1.41 bits per heavy atom. The second-order valence-electron chi connectivity index (χ2n) is 4.93. The van der Waals surface area contributed by atoms with Crippen LogP contribution in [-0.4, -0.2) is 26.4 Å². The van der Waals surface area contributed by atoms with Crippen molar-refractivity contribution < 1.29 is 25.2 Å². The number of hydrogen-bond acceptors (Lipinski definition) is 4. The second kappa shape index (κ2) is 12.9. The lowest BCUT2D eigenvalue weighted by atomic mass is 10.2. The molecule has 27 heavy (non-hydrogen) atoms. The molecule has 152 valence electrons. The number of hydrogen-bond donors (Lipinski definition) is 1. The SMILES string of the molecule is C=C.C=C.Cc1nc(N)cc(C2(Sc3cc(F)cc(F)c3)CC2)n1.O.O.O. The van der Waals surface area contributed by atoms with Gasteiger partial charge in [-0.2, -0.15) is 0 Å². The zero-order chi connectivity index (χ0) is 18.3. The molecule has 0 unspecified atom stereocenters. The Morgan fingerprint density at radius 1 is 0.926 bits per heavy atom. The number of rotatable bonds is 3. The summed E-state index contributed by atoms with van der Waals surface area (Å²) in [6.45, 7) is 13.8. The van der Waals surface area contributed by atoms with E-state index in [4.69, 9.17) is 5.73 Å². The van der Waals surface area contributed by atoms with Crippen LogP contribution in [0.2, 0.25) is 0 Å². The number of nitrogens with two attached hydrogens (primary N) is 1. The fourth-order valence-corrected chi connectivity index (χ4v) is 3.47. The van der Waals surface area contributed by atoms with Gasteiger partial charge in [0.1, 0.15) is 23.3 Å². The van der Waals surface area contributed by atoms with Gasteiger partial charge in [0, 0.05) is 17.0 Å². The fourth-order valence-electron chi connectivity index (χ4n) is 2.16. The van der Waals surface area contributed by atoms with Gasteiger partial charge in [0.15, 0.2) is 0 Å². The van der Waals surface area contributed by atoms with E-state index in [1.807, 2.05) is 0 Å². The first-order valence-corrected chi connectivity index (χ1v) is 8.05. The van der Waals surface area contributed by atoms with Crippen molar-refractivity contribution in [3.63, 3.8) is 0 Å². The monoisotopic (exact) mass is 403 g/mol. The van der Waals surface area contributed by atoms with Crippen LogP contribution in [0.3, 0.4) is 0 Å². The molecule has 1 aliphatic rings. The molecule has 0 aliphatic heterocycles. The van der Waals surface area contributed by atoms with Gasteiger partial charge in [0.05, 0.1) is 10.4 Å². The Kier molecular flexibility index (Phi) is 14.1. The lowest BCUT2D eigenvalue weighted by Gasteiger charge is -2.15. The summed E-state index contributed by atoms with van der Waals surface area (Å²) in [5.41, 5.74) is 6.58. The molecular formula is C18H27F2N3O3S. The van der Waals surface area contributed by atoms with Crippen LogP contribution >= 0.6 is 11.8 Å². The van der Waals surface area contributed by atoms with Gasteiger partial charge in [0.25, 0.3) is 0 Å². The van der Waals surface area contributed by atoms with E-state index in [1.54, 1.807) is 13.0 Å². The molecule has 2 aromatic rings. The van der Waals surface area contributed by atoms with Crippen molar-refractivity contribution in [2.24, 2.45) is 0 Å². The van der Waals surface area contributed by atoms with Crippen LogP contribution in [0.1, 0.15) is 24.4 Å². The average molecular weight is 403 g/mol. The third-order valence-corrected chi connectivity index (χ3v) is 4.66. The molecule has 1 aromatic heterocycles. The van der Waals surface area contributed by atoms with Crippen molar-refractivity contribution in [2.75, 3.05) is 5.73 Å². The smallest absolute Gasteiger partial charge is 0.127 e. The Morgan fingerprint density at radius 3 is 1.81 bits per heavy atom. The molecular weight excluding hydrogens is 376 g/mol. The van der Waals surface area contributed by atoms with E-state index in [0.29, 0.717) is 16.5 Å². The third-order valence-electron chi connectivity index (χ3n) is 3.18. The van der Waals surface area contributed by atoms with Gasteiger partial charge in [-0.3, -0.25) is 0 Å². The van der Waals surface area contributed by atoms with Gasteiger partial charge in [-0.05, 0) is 31.9 Å². The Hall–Kier alpha value is -2.33. The second-order valence-corrected chi connectivity index (χ2v) is 6.38. The highest BCUT2D eigenvalue weighted by Gasteiger charge is 2.47. The normalized spacial score (nSPS) is 12.3. The number of nitrogen functional groups attached to an aromatic ring is 1. The van der Waals surface area contributed by atoms with Gasteiger partial charge in [-0.15, -0.1) is 38.1 Å². The maximum absolute atomic E-state index is 13.3. The molecule has 8 N–H and O–H groups in total. The number of halogens is 2. The number of anilines is 1. The molecule has 1 fully saturated rings. The predicted molar refractivity (Wildman–Crippen MR) is 108 cm³/mol. The molecule has 9 heteroatoms. The summed E-state index contributed by atoms with van der Waals surface area (Å²) in [4.78, 5) is 9.02. The van der Waals surface area contributed by atoms with E-state index in [9.17, 15) is 8.78 Å². The lowest BCUT2D eigenvalue weighted by Crippen LogP contribution is -2.08. The highest BCUT2D eigenvalue weighted by molar-refractivity contribution is 8.00. The van der Waals surface area contributed by atoms with Crippen LogP contribution in [-0.2, 0) is 4.75 Å². The maximum Gasteiger partial charge on any atom is 0.127 e. The van der Waals surface area contributed by atoms with Crippen LogP contribution in [0.25, 0.3) is 0 Å². The Labute approximate surface area is 162 Å². The summed E-state index contributed by atoms with van der Waals surface area (Å²) in [7, 11) is 0. The van der Waals surface area contributed by atoms with Crippen LogP contribution in [0.4, 0.5) is 14.6 Å². The van der Waals surface area contributed by atoms with Gasteiger partial charge >= 0.3 is 0 Å².